The molecule has 0 aliphatic rings. The Hall–Kier alpha value is -2.33. The van der Waals surface area contributed by atoms with Gasteiger partial charge in [-0.2, -0.15) is 0 Å². The first-order chi connectivity index (χ1) is 12.2. The third kappa shape index (κ3) is 6.98. The second-order valence-electron chi connectivity index (χ2n) is 5.92. The van der Waals surface area contributed by atoms with Crippen LogP contribution in [0.2, 0.25) is 0 Å². The van der Waals surface area contributed by atoms with Crippen molar-refractivity contribution < 1.29 is 4.74 Å². The van der Waals surface area contributed by atoms with Crippen molar-refractivity contribution >= 4 is 23.0 Å². The van der Waals surface area contributed by atoms with Crippen molar-refractivity contribution in [3.63, 3.8) is 0 Å². The Morgan fingerprint density at radius 3 is 2.52 bits per heavy atom. The fraction of sp³-hybridized carbons (Fsp3) is 0.286. The van der Waals surface area contributed by atoms with E-state index in [1.54, 1.807) is 6.08 Å². The number of nitrogens with one attached hydrogen (secondary N) is 2. The molecule has 132 valence electrons. The number of ether oxygens (including phenoxy) is 1. The van der Waals surface area contributed by atoms with E-state index in [4.69, 9.17) is 17.0 Å². The molecule has 0 saturated heterocycles. The largest absolute Gasteiger partial charge is 0.490 e. The molecule has 0 amide bonds. The first kappa shape index (κ1) is 19.0. The second-order valence-corrected chi connectivity index (χ2v) is 6.33. The Morgan fingerprint density at radius 1 is 1.16 bits per heavy atom. The Bertz CT molecular complexity index is 655. The molecule has 2 N–H and O–H groups in total. The van der Waals surface area contributed by atoms with Crippen LogP contribution in [0.1, 0.15) is 18.9 Å². The minimum atomic E-state index is 0.507. The van der Waals surface area contributed by atoms with Crippen molar-refractivity contribution in [2.24, 2.45) is 5.92 Å². The van der Waals surface area contributed by atoms with Crippen molar-refractivity contribution in [3.05, 3.63) is 72.8 Å². The molecule has 0 fully saturated rings. The Morgan fingerprint density at radius 2 is 1.88 bits per heavy atom. The molecule has 0 radical (unpaired) electrons. The van der Waals surface area contributed by atoms with E-state index in [1.165, 1.54) is 5.56 Å². The van der Waals surface area contributed by atoms with Crippen molar-refractivity contribution in [2.45, 2.75) is 19.8 Å². The summed E-state index contributed by atoms with van der Waals surface area (Å²) in [4.78, 5) is 0. The van der Waals surface area contributed by atoms with E-state index in [0.29, 0.717) is 17.6 Å². The van der Waals surface area contributed by atoms with Crippen molar-refractivity contribution in [2.75, 3.05) is 18.5 Å². The fourth-order valence-electron chi connectivity index (χ4n) is 2.51. The van der Waals surface area contributed by atoms with Gasteiger partial charge in [0.2, 0.25) is 0 Å². The maximum Gasteiger partial charge on any atom is 0.170 e. The Kier molecular flexibility index (Phi) is 7.99. The van der Waals surface area contributed by atoms with Gasteiger partial charge in [0.25, 0.3) is 0 Å². The van der Waals surface area contributed by atoms with Gasteiger partial charge in [0.05, 0.1) is 0 Å². The summed E-state index contributed by atoms with van der Waals surface area (Å²) in [6.45, 7) is 7.22. The van der Waals surface area contributed by atoms with Gasteiger partial charge in [-0.05, 0) is 54.4 Å². The van der Waals surface area contributed by atoms with Crippen LogP contribution in [0.15, 0.2) is 67.3 Å². The summed E-state index contributed by atoms with van der Waals surface area (Å²) in [5, 5.41) is 7.18. The highest BCUT2D eigenvalue weighted by atomic mass is 32.1. The summed E-state index contributed by atoms with van der Waals surface area (Å²) in [6.07, 6.45) is 3.90. The van der Waals surface area contributed by atoms with Gasteiger partial charge < -0.3 is 15.4 Å². The van der Waals surface area contributed by atoms with Gasteiger partial charge in [0.15, 0.2) is 5.11 Å². The monoisotopic (exact) mass is 354 g/mol. The van der Waals surface area contributed by atoms with Crippen LogP contribution in [0.25, 0.3) is 0 Å². The average Bonchev–Trinajstić information content (AvgIpc) is 2.65. The molecule has 0 unspecified atom stereocenters. The second kappa shape index (κ2) is 10.5. The van der Waals surface area contributed by atoms with E-state index in [2.05, 4.69) is 54.5 Å². The lowest BCUT2D eigenvalue weighted by Crippen LogP contribution is -2.33. The zero-order valence-corrected chi connectivity index (χ0v) is 15.5. The van der Waals surface area contributed by atoms with Crippen LogP contribution in [0, 0.1) is 5.92 Å². The van der Waals surface area contributed by atoms with Gasteiger partial charge in [-0.1, -0.05) is 56.3 Å². The predicted octanol–water partition coefficient (Wildman–Crippen LogP) is 4.81. The van der Waals surface area contributed by atoms with Gasteiger partial charge in [0, 0.05) is 12.2 Å². The van der Waals surface area contributed by atoms with Gasteiger partial charge in [0.1, 0.15) is 12.4 Å². The quantitative estimate of drug-likeness (QED) is 0.500. The zero-order chi connectivity index (χ0) is 17.9. The molecule has 3 nitrogen and oxygen atoms in total. The fourth-order valence-corrected chi connectivity index (χ4v) is 2.71. The molecule has 25 heavy (non-hydrogen) atoms. The van der Waals surface area contributed by atoms with E-state index in [1.807, 2.05) is 24.3 Å². The van der Waals surface area contributed by atoms with Gasteiger partial charge >= 0.3 is 0 Å². The maximum atomic E-state index is 5.47. The number of hydrogen-bond acceptors (Lipinski definition) is 2. The summed E-state index contributed by atoms with van der Waals surface area (Å²) >= 11 is 5.40. The lowest BCUT2D eigenvalue weighted by atomic mass is 9.97. The standard InChI is InChI=1S/C21H26N2OS/c1-3-14-24-20-12-10-19(11-13-20)23-21(25)22-16-17(4-2)15-18-8-6-5-7-9-18/h3,5-13,17H,1,4,14-16H2,2H3,(H2,22,23,25)/t17-/m1/s1. The molecule has 0 bridgehead atoms. The van der Waals surface area contributed by atoms with Gasteiger partial charge in [-0.3, -0.25) is 0 Å². The third-order valence-corrected chi connectivity index (χ3v) is 4.22. The van der Waals surface area contributed by atoms with E-state index >= 15 is 0 Å². The molecule has 2 aromatic carbocycles. The number of rotatable bonds is 9. The van der Waals surface area contributed by atoms with Crippen LogP contribution >= 0.6 is 12.2 Å². The lowest BCUT2D eigenvalue weighted by molar-refractivity contribution is 0.363. The van der Waals surface area contributed by atoms with E-state index in [9.17, 15) is 0 Å². The number of hydrogen-bond donors (Lipinski definition) is 2. The SMILES string of the molecule is C=CCOc1ccc(NC(=S)NC[C@H](CC)Cc2ccccc2)cc1. The molecule has 0 heterocycles. The normalized spacial score (nSPS) is 11.4. The minimum Gasteiger partial charge on any atom is -0.490 e. The first-order valence-corrected chi connectivity index (χ1v) is 9.04. The molecule has 0 aliphatic heterocycles. The molecule has 0 aromatic heterocycles. The van der Waals surface area contributed by atoms with Crippen LogP contribution in [-0.2, 0) is 6.42 Å². The Balaban J connectivity index is 1.78. The topological polar surface area (TPSA) is 33.3 Å². The lowest BCUT2D eigenvalue weighted by Gasteiger charge is -2.18. The number of benzene rings is 2. The molecule has 2 aromatic rings. The molecule has 0 spiro atoms. The molecule has 1 atom stereocenters. The van der Waals surface area contributed by atoms with Crippen LogP contribution < -0.4 is 15.4 Å². The highest BCUT2D eigenvalue weighted by Gasteiger charge is 2.08. The average molecular weight is 355 g/mol. The van der Waals surface area contributed by atoms with Crippen molar-refractivity contribution in [1.82, 2.24) is 5.32 Å². The summed E-state index contributed by atoms with van der Waals surface area (Å²) in [5.41, 5.74) is 2.31. The first-order valence-electron chi connectivity index (χ1n) is 8.63. The molecule has 0 aliphatic carbocycles. The molecule has 4 heteroatoms. The minimum absolute atomic E-state index is 0.507. The van der Waals surface area contributed by atoms with Gasteiger partial charge in [-0.15, -0.1) is 0 Å². The highest BCUT2D eigenvalue weighted by molar-refractivity contribution is 7.80. The van der Waals surface area contributed by atoms with Crippen molar-refractivity contribution in [3.8, 4) is 5.75 Å². The summed E-state index contributed by atoms with van der Waals surface area (Å²) in [7, 11) is 0. The number of thiocarbonyl (C=S) groups is 1. The van der Waals surface area contributed by atoms with Crippen LogP contribution in [0.5, 0.6) is 5.75 Å². The summed E-state index contributed by atoms with van der Waals surface area (Å²) in [5.74, 6) is 1.37. The smallest absolute Gasteiger partial charge is 0.170 e. The molecular weight excluding hydrogens is 328 g/mol. The number of anilines is 1. The van der Waals surface area contributed by atoms with E-state index in [-0.39, 0.29) is 0 Å². The summed E-state index contributed by atoms with van der Waals surface area (Å²) in [6, 6.07) is 18.3. The van der Waals surface area contributed by atoms with E-state index < -0.39 is 0 Å². The molecule has 2 rings (SSSR count). The van der Waals surface area contributed by atoms with Gasteiger partial charge in [-0.25, -0.2) is 0 Å². The maximum absolute atomic E-state index is 5.47. The van der Waals surface area contributed by atoms with Crippen molar-refractivity contribution in [1.29, 1.82) is 0 Å². The van der Waals surface area contributed by atoms with E-state index in [0.717, 1.165) is 30.8 Å². The molecular formula is C21H26N2OS. The predicted molar refractivity (Wildman–Crippen MR) is 110 cm³/mol. The van der Waals surface area contributed by atoms with Crippen LogP contribution in [0.3, 0.4) is 0 Å². The van der Waals surface area contributed by atoms with Crippen LogP contribution in [0.4, 0.5) is 5.69 Å². The molecule has 0 saturated carbocycles. The summed E-state index contributed by atoms with van der Waals surface area (Å²) < 4.78 is 5.47. The highest BCUT2D eigenvalue weighted by Crippen LogP contribution is 2.16. The third-order valence-electron chi connectivity index (χ3n) is 3.98. The van der Waals surface area contributed by atoms with Crippen LogP contribution in [-0.4, -0.2) is 18.3 Å². The zero-order valence-electron chi connectivity index (χ0n) is 14.7. The Labute approximate surface area is 156 Å².